The Labute approximate surface area is 124 Å². The van der Waals surface area contributed by atoms with Crippen LogP contribution in [0.4, 0.5) is 0 Å². The summed E-state index contributed by atoms with van der Waals surface area (Å²) in [5.41, 5.74) is 0. The Morgan fingerprint density at radius 3 is 2.81 bits per heavy atom. The van der Waals surface area contributed by atoms with E-state index in [2.05, 4.69) is 5.32 Å². The molecule has 0 bridgehead atoms. The smallest absolute Gasteiger partial charge is 0.216 e. The summed E-state index contributed by atoms with van der Waals surface area (Å²) in [6.07, 6.45) is -0.179. The lowest BCUT2D eigenvalue weighted by Gasteiger charge is -2.37. The van der Waals surface area contributed by atoms with Crippen molar-refractivity contribution in [1.29, 1.82) is 0 Å². The van der Waals surface area contributed by atoms with Gasteiger partial charge in [0.2, 0.25) is 5.91 Å². The molecule has 0 saturated carbocycles. The average molecular weight is 302 g/mol. The van der Waals surface area contributed by atoms with Crippen LogP contribution >= 0.6 is 0 Å². The van der Waals surface area contributed by atoms with E-state index < -0.39 is 18.3 Å². The van der Waals surface area contributed by atoms with Gasteiger partial charge in [0.25, 0.3) is 0 Å². The van der Waals surface area contributed by atoms with Gasteiger partial charge in [0, 0.05) is 20.1 Å². The van der Waals surface area contributed by atoms with E-state index in [1.807, 2.05) is 4.90 Å². The first-order chi connectivity index (χ1) is 10.0. The molecule has 4 N–H and O–H groups in total. The average Bonchev–Trinajstić information content (AvgIpc) is 2.68. The van der Waals surface area contributed by atoms with Gasteiger partial charge in [0.05, 0.1) is 37.0 Å². The number of hydrogen-bond acceptors (Lipinski definition) is 6. The van der Waals surface area contributed by atoms with Crippen molar-refractivity contribution in [3.05, 3.63) is 0 Å². The van der Waals surface area contributed by atoms with Crippen LogP contribution in [0.15, 0.2) is 0 Å². The zero-order valence-electron chi connectivity index (χ0n) is 12.4. The number of carbonyl (C=O) groups is 1. The van der Waals surface area contributed by atoms with Crippen molar-refractivity contribution in [2.24, 2.45) is 0 Å². The number of nitrogens with zero attached hydrogens (tertiary/aromatic N) is 1. The minimum Gasteiger partial charge on any atom is -0.391 e. The summed E-state index contributed by atoms with van der Waals surface area (Å²) in [5, 5.41) is 32.9. The van der Waals surface area contributed by atoms with Crippen LogP contribution in [0.3, 0.4) is 0 Å². The molecule has 7 heteroatoms. The third kappa shape index (κ3) is 3.92. The molecule has 0 aromatic heterocycles. The Kier molecular flexibility index (Phi) is 5.95. The number of fused-ring (bicyclic) bond motifs is 1. The number of hydrogen-bond donors (Lipinski definition) is 4. The standard InChI is InChI=1S/C14H26N2O5/c1-9(17)15-5-3-7-21-8-10-13(19)14(20)12-11(18)4-2-6-16(10)12/h10-14,18-20H,2-8H2,1H3,(H,15,17)/t10-,11-,12-,13-,14+/m1/s1. The highest BCUT2D eigenvalue weighted by molar-refractivity contribution is 5.72. The molecule has 0 aromatic carbocycles. The summed E-state index contributed by atoms with van der Waals surface area (Å²) in [5.74, 6) is -0.0607. The zero-order valence-corrected chi connectivity index (χ0v) is 12.4. The predicted octanol–water partition coefficient (Wildman–Crippen LogP) is -1.54. The molecule has 21 heavy (non-hydrogen) atoms. The fourth-order valence-electron chi connectivity index (χ4n) is 3.30. The number of aliphatic hydroxyl groups is 3. The van der Waals surface area contributed by atoms with Gasteiger partial charge in [-0.1, -0.05) is 0 Å². The Bertz CT molecular complexity index is 354. The van der Waals surface area contributed by atoms with Crippen molar-refractivity contribution >= 4 is 5.91 Å². The second-order valence-corrected chi connectivity index (χ2v) is 5.90. The van der Waals surface area contributed by atoms with E-state index in [1.165, 1.54) is 6.92 Å². The van der Waals surface area contributed by atoms with Crippen LogP contribution in [-0.4, -0.2) is 82.8 Å². The first-order valence-electron chi connectivity index (χ1n) is 7.64. The van der Waals surface area contributed by atoms with Gasteiger partial charge < -0.3 is 25.4 Å². The summed E-state index contributed by atoms with van der Waals surface area (Å²) in [7, 11) is 0. The highest BCUT2D eigenvalue weighted by Gasteiger charge is 2.51. The van der Waals surface area contributed by atoms with Crippen molar-refractivity contribution in [2.75, 3.05) is 26.3 Å². The predicted molar refractivity (Wildman–Crippen MR) is 75.7 cm³/mol. The van der Waals surface area contributed by atoms with E-state index >= 15 is 0 Å². The molecule has 2 fully saturated rings. The van der Waals surface area contributed by atoms with Gasteiger partial charge in [-0.05, 0) is 25.8 Å². The Morgan fingerprint density at radius 2 is 2.10 bits per heavy atom. The minimum atomic E-state index is -0.923. The topological polar surface area (TPSA) is 102 Å². The number of piperidine rings is 1. The maximum atomic E-state index is 10.7. The number of ether oxygens (including phenoxy) is 1. The molecule has 0 spiro atoms. The molecule has 0 unspecified atom stereocenters. The lowest BCUT2D eigenvalue weighted by molar-refractivity contribution is -0.119. The second kappa shape index (κ2) is 7.51. The number of aliphatic hydroxyl groups excluding tert-OH is 3. The molecule has 0 aromatic rings. The fourth-order valence-corrected chi connectivity index (χ4v) is 3.30. The Hall–Kier alpha value is -0.730. The molecule has 2 saturated heterocycles. The maximum absolute atomic E-state index is 10.7. The van der Waals surface area contributed by atoms with E-state index in [-0.39, 0.29) is 18.0 Å². The number of nitrogens with one attached hydrogen (secondary N) is 1. The lowest BCUT2D eigenvalue weighted by atomic mass is 9.97. The minimum absolute atomic E-state index is 0.0607. The van der Waals surface area contributed by atoms with E-state index in [0.29, 0.717) is 32.6 Å². The van der Waals surface area contributed by atoms with Gasteiger partial charge in [-0.3, -0.25) is 9.69 Å². The Morgan fingerprint density at radius 1 is 1.33 bits per heavy atom. The van der Waals surface area contributed by atoms with Gasteiger partial charge in [-0.15, -0.1) is 0 Å². The van der Waals surface area contributed by atoms with Gasteiger partial charge in [-0.25, -0.2) is 0 Å². The maximum Gasteiger partial charge on any atom is 0.216 e. The van der Waals surface area contributed by atoms with E-state index in [0.717, 1.165) is 13.0 Å². The van der Waals surface area contributed by atoms with Gasteiger partial charge >= 0.3 is 0 Å². The van der Waals surface area contributed by atoms with Crippen LogP contribution in [0.2, 0.25) is 0 Å². The summed E-state index contributed by atoms with van der Waals surface area (Å²) >= 11 is 0. The summed E-state index contributed by atoms with van der Waals surface area (Å²) in [4.78, 5) is 12.7. The summed E-state index contributed by atoms with van der Waals surface area (Å²) in [6, 6.07) is -0.664. The summed E-state index contributed by atoms with van der Waals surface area (Å²) < 4.78 is 5.56. The van der Waals surface area contributed by atoms with Gasteiger partial charge in [0.1, 0.15) is 0 Å². The van der Waals surface area contributed by atoms with Crippen LogP contribution in [-0.2, 0) is 9.53 Å². The van der Waals surface area contributed by atoms with Crippen LogP contribution in [0, 0.1) is 0 Å². The van der Waals surface area contributed by atoms with Gasteiger partial charge in [0.15, 0.2) is 0 Å². The normalized spacial score (nSPS) is 36.5. The van der Waals surface area contributed by atoms with Gasteiger partial charge in [-0.2, -0.15) is 0 Å². The number of rotatable bonds is 6. The van der Waals surface area contributed by atoms with E-state index in [9.17, 15) is 20.1 Å². The van der Waals surface area contributed by atoms with Crippen LogP contribution in [0.1, 0.15) is 26.2 Å². The monoisotopic (exact) mass is 302 g/mol. The Balaban J connectivity index is 1.76. The van der Waals surface area contributed by atoms with E-state index in [1.54, 1.807) is 0 Å². The molecule has 122 valence electrons. The van der Waals surface area contributed by atoms with Crippen LogP contribution in [0.25, 0.3) is 0 Å². The number of amides is 1. The summed E-state index contributed by atoms with van der Waals surface area (Å²) in [6.45, 7) is 3.60. The molecule has 7 nitrogen and oxygen atoms in total. The van der Waals surface area contributed by atoms with Crippen molar-refractivity contribution in [3.63, 3.8) is 0 Å². The molecule has 0 radical (unpaired) electrons. The largest absolute Gasteiger partial charge is 0.391 e. The SMILES string of the molecule is CC(=O)NCCCOC[C@@H]1[C@@H](O)[C@@H](O)[C@H]2[C@H](O)CCCN21. The molecule has 5 atom stereocenters. The molecule has 2 aliphatic heterocycles. The third-order valence-electron chi connectivity index (χ3n) is 4.34. The first-order valence-corrected chi connectivity index (χ1v) is 7.64. The molecule has 2 rings (SSSR count). The lowest BCUT2D eigenvalue weighted by Crippen LogP contribution is -2.51. The van der Waals surface area contributed by atoms with Crippen molar-refractivity contribution in [3.8, 4) is 0 Å². The third-order valence-corrected chi connectivity index (χ3v) is 4.34. The van der Waals surface area contributed by atoms with Crippen molar-refractivity contribution in [2.45, 2.75) is 56.6 Å². The molecule has 2 aliphatic rings. The van der Waals surface area contributed by atoms with Crippen LogP contribution < -0.4 is 5.32 Å². The van der Waals surface area contributed by atoms with E-state index in [4.69, 9.17) is 4.74 Å². The number of carbonyl (C=O) groups excluding carboxylic acids is 1. The highest BCUT2D eigenvalue weighted by Crippen LogP contribution is 2.32. The molecule has 2 heterocycles. The highest BCUT2D eigenvalue weighted by atomic mass is 16.5. The fraction of sp³-hybridized carbons (Fsp3) is 0.929. The van der Waals surface area contributed by atoms with Crippen LogP contribution in [0.5, 0.6) is 0 Å². The van der Waals surface area contributed by atoms with Crippen molar-refractivity contribution < 1.29 is 24.9 Å². The quantitative estimate of drug-likeness (QED) is 0.444. The molecule has 1 amide bonds. The molecular weight excluding hydrogens is 276 g/mol. The molecule has 0 aliphatic carbocycles. The first kappa shape index (κ1) is 16.6. The molecular formula is C14H26N2O5. The van der Waals surface area contributed by atoms with Crippen molar-refractivity contribution in [1.82, 2.24) is 10.2 Å². The zero-order chi connectivity index (χ0) is 15.4. The second-order valence-electron chi connectivity index (χ2n) is 5.90.